The van der Waals surface area contributed by atoms with E-state index >= 15 is 0 Å². The van der Waals surface area contributed by atoms with Crippen LogP contribution in [-0.2, 0) is 29.0 Å². The molecule has 0 atom stereocenters. The lowest BCUT2D eigenvalue weighted by Gasteiger charge is -2.15. The van der Waals surface area contributed by atoms with Crippen LogP contribution in [0.15, 0.2) is 73.3 Å². The molecule has 3 aromatic rings. The molecule has 0 aromatic heterocycles. The smallest absolute Gasteiger partial charge is 0.330 e. The Morgan fingerprint density at radius 2 is 1.49 bits per heavy atom. The average molecular weight is 529 g/mol. The number of esters is 1. The van der Waals surface area contributed by atoms with Crippen molar-refractivity contribution in [2.75, 3.05) is 13.2 Å². The second-order valence-corrected chi connectivity index (χ2v) is 10.0. The quantitative estimate of drug-likeness (QED) is 0.108. The highest BCUT2D eigenvalue weighted by Gasteiger charge is 2.12. The third kappa shape index (κ3) is 9.40. The van der Waals surface area contributed by atoms with Gasteiger partial charge in [-0.05, 0) is 64.8 Å². The number of aliphatic hydroxyl groups excluding tert-OH is 1. The molecule has 208 valence electrons. The zero-order valence-electron chi connectivity index (χ0n) is 23.7. The minimum atomic E-state index is -0.486. The van der Waals surface area contributed by atoms with Crippen molar-refractivity contribution in [3.63, 3.8) is 0 Å². The second kappa shape index (κ2) is 16.6. The summed E-state index contributed by atoms with van der Waals surface area (Å²) in [6, 6.07) is 21.5. The standard InChI is InChI=1S/C35H44O4/c1-4-7-8-9-10-11-12-13-27-14-16-29(17-15-27)30-18-20-33(28(5-2)24-30)31-19-21-34(38-23-22-36)32(25-31)26-39-35(37)6-3/h6,14-21,24-25,36H,3-5,7-13,22-23,26H2,1-2H3. The van der Waals surface area contributed by atoms with E-state index in [4.69, 9.17) is 14.6 Å². The van der Waals surface area contributed by atoms with Crippen LogP contribution in [0.4, 0.5) is 0 Å². The van der Waals surface area contributed by atoms with E-state index in [1.165, 1.54) is 67.2 Å². The van der Waals surface area contributed by atoms with E-state index in [1.807, 2.05) is 18.2 Å². The van der Waals surface area contributed by atoms with Crippen molar-refractivity contribution in [2.24, 2.45) is 0 Å². The number of aryl methyl sites for hydroxylation is 2. The van der Waals surface area contributed by atoms with Gasteiger partial charge in [-0.3, -0.25) is 0 Å². The number of rotatable bonds is 17. The van der Waals surface area contributed by atoms with Crippen LogP contribution in [-0.4, -0.2) is 24.3 Å². The first kappa shape index (κ1) is 30.2. The van der Waals surface area contributed by atoms with E-state index in [1.54, 1.807) is 0 Å². The van der Waals surface area contributed by atoms with E-state index < -0.39 is 5.97 Å². The Balaban J connectivity index is 1.72. The normalized spacial score (nSPS) is 10.8. The minimum absolute atomic E-state index is 0.0736. The first-order valence-corrected chi connectivity index (χ1v) is 14.5. The number of carbonyl (C=O) groups is 1. The van der Waals surface area contributed by atoms with E-state index in [0.29, 0.717) is 5.75 Å². The zero-order chi connectivity index (χ0) is 27.9. The predicted octanol–water partition coefficient (Wildman–Crippen LogP) is 8.48. The van der Waals surface area contributed by atoms with Gasteiger partial charge >= 0.3 is 5.97 Å². The number of ether oxygens (including phenoxy) is 2. The maximum Gasteiger partial charge on any atom is 0.330 e. The van der Waals surface area contributed by atoms with Gasteiger partial charge < -0.3 is 14.6 Å². The molecule has 0 bridgehead atoms. The van der Waals surface area contributed by atoms with Gasteiger partial charge in [0.1, 0.15) is 19.0 Å². The van der Waals surface area contributed by atoms with Crippen LogP contribution < -0.4 is 4.74 Å². The monoisotopic (exact) mass is 528 g/mol. The number of aliphatic hydroxyl groups is 1. The molecule has 3 rings (SSSR count). The van der Waals surface area contributed by atoms with Crippen LogP contribution >= 0.6 is 0 Å². The molecule has 0 spiro atoms. The summed E-state index contributed by atoms with van der Waals surface area (Å²) >= 11 is 0. The van der Waals surface area contributed by atoms with Crippen molar-refractivity contribution in [1.29, 1.82) is 0 Å². The van der Waals surface area contributed by atoms with Gasteiger partial charge in [-0.1, -0.05) is 107 Å². The first-order chi connectivity index (χ1) is 19.1. The molecule has 0 aliphatic carbocycles. The van der Waals surface area contributed by atoms with Gasteiger partial charge in [0.2, 0.25) is 0 Å². The molecule has 0 unspecified atom stereocenters. The third-order valence-electron chi connectivity index (χ3n) is 7.10. The summed E-state index contributed by atoms with van der Waals surface area (Å²) in [5.74, 6) is 0.108. The molecule has 1 N–H and O–H groups in total. The lowest BCUT2D eigenvalue weighted by atomic mass is 9.92. The van der Waals surface area contributed by atoms with Gasteiger partial charge in [0.25, 0.3) is 0 Å². The Morgan fingerprint density at radius 3 is 2.18 bits per heavy atom. The van der Waals surface area contributed by atoms with Crippen molar-refractivity contribution in [1.82, 2.24) is 0 Å². The number of hydrogen-bond acceptors (Lipinski definition) is 4. The van der Waals surface area contributed by atoms with E-state index in [2.05, 4.69) is 62.9 Å². The third-order valence-corrected chi connectivity index (χ3v) is 7.10. The summed E-state index contributed by atoms with van der Waals surface area (Å²) < 4.78 is 11.0. The molecule has 0 saturated carbocycles. The highest BCUT2D eigenvalue weighted by molar-refractivity contribution is 5.81. The molecular formula is C35H44O4. The van der Waals surface area contributed by atoms with Gasteiger partial charge in [0.05, 0.1) is 6.61 Å². The Hall–Kier alpha value is -3.37. The number of benzene rings is 3. The SMILES string of the molecule is C=CC(=O)OCc1cc(-c2ccc(-c3ccc(CCCCCCCCC)cc3)cc2CC)ccc1OCCO. The Kier molecular flexibility index (Phi) is 12.8. The Morgan fingerprint density at radius 1 is 0.821 bits per heavy atom. The lowest BCUT2D eigenvalue weighted by Crippen LogP contribution is -2.06. The van der Waals surface area contributed by atoms with Crippen LogP contribution in [0.2, 0.25) is 0 Å². The molecule has 0 fully saturated rings. The number of hydrogen-bond donors (Lipinski definition) is 1. The van der Waals surface area contributed by atoms with Gasteiger partial charge in [0, 0.05) is 11.6 Å². The maximum atomic E-state index is 11.6. The summed E-state index contributed by atoms with van der Waals surface area (Å²) in [4.78, 5) is 11.6. The van der Waals surface area contributed by atoms with Crippen LogP contribution in [0.1, 0.15) is 75.5 Å². The molecule has 39 heavy (non-hydrogen) atoms. The molecule has 0 heterocycles. The first-order valence-electron chi connectivity index (χ1n) is 14.5. The summed E-state index contributed by atoms with van der Waals surface area (Å²) in [7, 11) is 0. The topological polar surface area (TPSA) is 55.8 Å². The lowest BCUT2D eigenvalue weighted by molar-refractivity contribution is -0.139. The van der Waals surface area contributed by atoms with Crippen LogP contribution in [0.25, 0.3) is 22.3 Å². The molecule has 0 radical (unpaired) electrons. The predicted molar refractivity (Wildman–Crippen MR) is 161 cm³/mol. The highest BCUT2D eigenvalue weighted by Crippen LogP contribution is 2.33. The largest absolute Gasteiger partial charge is 0.491 e. The van der Waals surface area contributed by atoms with Crippen molar-refractivity contribution < 1.29 is 19.4 Å². The molecule has 3 aromatic carbocycles. The summed E-state index contributed by atoms with van der Waals surface area (Å²) in [5.41, 5.74) is 8.01. The highest BCUT2D eigenvalue weighted by atomic mass is 16.5. The van der Waals surface area contributed by atoms with Crippen molar-refractivity contribution in [3.05, 3.63) is 90.0 Å². The number of unbranched alkanes of at least 4 members (excludes halogenated alkanes) is 6. The van der Waals surface area contributed by atoms with Crippen molar-refractivity contribution >= 4 is 5.97 Å². The molecule has 0 aliphatic heterocycles. The minimum Gasteiger partial charge on any atom is -0.491 e. The van der Waals surface area contributed by atoms with Gasteiger partial charge in [-0.25, -0.2) is 4.79 Å². The molecular weight excluding hydrogens is 484 g/mol. The average Bonchev–Trinajstić information content (AvgIpc) is 2.98. The number of carbonyl (C=O) groups excluding carboxylic acids is 1. The zero-order valence-corrected chi connectivity index (χ0v) is 23.7. The van der Waals surface area contributed by atoms with Crippen LogP contribution in [0.3, 0.4) is 0 Å². The fourth-order valence-corrected chi connectivity index (χ4v) is 4.86. The molecule has 0 aliphatic rings. The van der Waals surface area contributed by atoms with Gasteiger partial charge in [-0.15, -0.1) is 0 Å². The van der Waals surface area contributed by atoms with Crippen molar-refractivity contribution in [2.45, 2.75) is 78.2 Å². The summed E-state index contributed by atoms with van der Waals surface area (Å²) in [5, 5.41) is 9.17. The van der Waals surface area contributed by atoms with Crippen LogP contribution in [0, 0.1) is 0 Å². The Bertz CT molecular complexity index is 1180. The van der Waals surface area contributed by atoms with Gasteiger partial charge in [0.15, 0.2) is 0 Å². The summed E-state index contributed by atoms with van der Waals surface area (Å²) in [6.07, 6.45) is 12.5. The fraction of sp³-hybridized carbons (Fsp3) is 0.400. The van der Waals surface area contributed by atoms with Gasteiger partial charge in [-0.2, -0.15) is 0 Å². The van der Waals surface area contributed by atoms with E-state index in [-0.39, 0.29) is 19.8 Å². The van der Waals surface area contributed by atoms with Crippen LogP contribution in [0.5, 0.6) is 5.75 Å². The maximum absolute atomic E-state index is 11.6. The fourth-order valence-electron chi connectivity index (χ4n) is 4.86. The molecule has 4 heteroatoms. The summed E-state index contributed by atoms with van der Waals surface area (Å²) in [6.45, 7) is 8.05. The molecule has 0 amide bonds. The Labute approximate surface area is 234 Å². The van der Waals surface area contributed by atoms with Crippen molar-refractivity contribution in [3.8, 4) is 28.0 Å². The molecule has 0 saturated heterocycles. The second-order valence-electron chi connectivity index (χ2n) is 10.0. The molecule has 4 nitrogen and oxygen atoms in total. The van der Waals surface area contributed by atoms with E-state index in [0.717, 1.165) is 35.6 Å². The van der Waals surface area contributed by atoms with E-state index in [9.17, 15) is 4.79 Å².